The molecule has 4 nitrogen and oxygen atoms in total. The lowest BCUT2D eigenvalue weighted by molar-refractivity contribution is -0.137. The maximum atomic E-state index is 12.9. The molecule has 0 aliphatic carbocycles. The molecule has 0 bridgehead atoms. The maximum absolute atomic E-state index is 12.9. The molecule has 1 fully saturated rings. The number of rotatable bonds is 3. The number of hydrogen-bond acceptors (Lipinski definition) is 3. The number of halogens is 4. The van der Waals surface area contributed by atoms with E-state index in [0.29, 0.717) is 22.7 Å². The quantitative estimate of drug-likeness (QED) is 0.686. The summed E-state index contributed by atoms with van der Waals surface area (Å²) < 4.78 is 43.4. The van der Waals surface area contributed by atoms with Gasteiger partial charge in [-0.3, -0.25) is 0 Å². The molecule has 1 atom stereocenters. The minimum Gasteiger partial charge on any atom is -0.448 e. The van der Waals surface area contributed by atoms with Gasteiger partial charge in [0.1, 0.15) is 0 Å². The highest BCUT2D eigenvalue weighted by molar-refractivity contribution is 9.09. The van der Waals surface area contributed by atoms with Crippen LogP contribution in [-0.4, -0.2) is 35.0 Å². The standard InChI is InChI=1S/C14H14BrF3N2O2S/c1-2-22-13(21)19-12-20(8-11(7-15)23-12)10-5-3-4-9(6-10)14(16,17)18/h3-6,11H,2,7-8H2,1H3/b19-12-. The van der Waals surface area contributed by atoms with E-state index < -0.39 is 17.8 Å². The lowest BCUT2D eigenvalue weighted by Gasteiger charge is -2.19. The highest BCUT2D eigenvalue weighted by Gasteiger charge is 2.34. The molecular weight excluding hydrogens is 397 g/mol. The number of ether oxygens (including phenoxy) is 1. The van der Waals surface area contributed by atoms with Gasteiger partial charge in [0.05, 0.1) is 12.2 Å². The van der Waals surface area contributed by atoms with Gasteiger partial charge in [-0.15, -0.1) is 0 Å². The fourth-order valence-corrected chi connectivity index (χ4v) is 3.62. The van der Waals surface area contributed by atoms with Crippen LogP contribution in [0, 0.1) is 0 Å². The molecular formula is C14H14BrF3N2O2S. The van der Waals surface area contributed by atoms with Gasteiger partial charge in [0, 0.05) is 22.8 Å². The van der Waals surface area contributed by atoms with Crippen LogP contribution >= 0.6 is 27.7 Å². The average Bonchev–Trinajstić information content (AvgIpc) is 2.89. The lowest BCUT2D eigenvalue weighted by Crippen LogP contribution is -2.27. The third-order valence-electron chi connectivity index (χ3n) is 3.00. The molecule has 23 heavy (non-hydrogen) atoms. The zero-order valence-corrected chi connectivity index (χ0v) is 14.5. The van der Waals surface area contributed by atoms with Crippen LogP contribution in [0.4, 0.5) is 23.7 Å². The Morgan fingerprint density at radius 1 is 1.52 bits per heavy atom. The van der Waals surface area contributed by atoms with Gasteiger partial charge in [0.2, 0.25) is 0 Å². The van der Waals surface area contributed by atoms with Gasteiger partial charge < -0.3 is 9.64 Å². The molecule has 1 aromatic rings. The second-order valence-corrected chi connectivity index (χ2v) is 6.56. The van der Waals surface area contributed by atoms with Crippen molar-refractivity contribution < 1.29 is 22.7 Å². The summed E-state index contributed by atoms with van der Waals surface area (Å²) in [6, 6.07) is 4.97. The Kier molecular flexibility index (Phi) is 5.96. The summed E-state index contributed by atoms with van der Waals surface area (Å²) in [7, 11) is 0. The van der Waals surface area contributed by atoms with Crippen LogP contribution in [0.25, 0.3) is 0 Å². The molecule has 1 aliphatic rings. The Morgan fingerprint density at radius 2 is 2.26 bits per heavy atom. The number of nitrogens with zero attached hydrogens (tertiary/aromatic N) is 2. The van der Waals surface area contributed by atoms with Gasteiger partial charge in [-0.25, -0.2) is 4.79 Å². The average molecular weight is 411 g/mol. The lowest BCUT2D eigenvalue weighted by atomic mass is 10.2. The van der Waals surface area contributed by atoms with Crippen molar-refractivity contribution in [1.29, 1.82) is 0 Å². The summed E-state index contributed by atoms with van der Waals surface area (Å²) in [4.78, 5) is 17.0. The van der Waals surface area contributed by atoms with E-state index in [-0.39, 0.29) is 11.9 Å². The van der Waals surface area contributed by atoms with Gasteiger partial charge in [-0.05, 0) is 25.1 Å². The van der Waals surface area contributed by atoms with E-state index in [1.807, 2.05) is 0 Å². The van der Waals surface area contributed by atoms with E-state index in [2.05, 4.69) is 20.9 Å². The molecule has 0 saturated carbocycles. The number of carbonyl (C=O) groups excluding carboxylic acids is 1. The number of anilines is 1. The summed E-state index contributed by atoms with van der Waals surface area (Å²) in [6.07, 6.45) is -5.17. The van der Waals surface area contributed by atoms with Crippen molar-refractivity contribution in [3.8, 4) is 0 Å². The zero-order valence-electron chi connectivity index (χ0n) is 12.1. The number of hydrogen-bond donors (Lipinski definition) is 0. The van der Waals surface area contributed by atoms with Gasteiger partial charge in [0.25, 0.3) is 0 Å². The Morgan fingerprint density at radius 3 is 2.87 bits per heavy atom. The monoisotopic (exact) mass is 410 g/mol. The van der Waals surface area contributed by atoms with Crippen molar-refractivity contribution in [3.05, 3.63) is 29.8 Å². The molecule has 0 spiro atoms. The minimum absolute atomic E-state index is 0.0812. The van der Waals surface area contributed by atoms with Crippen molar-refractivity contribution in [1.82, 2.24) is 0 Å². The number of aliphatic imine (C=N–C) groups is 1. The Bertz CT molecular complexity index is 610. The summed E-state index contributed by atoms with van der Waals surface area (Å²) in [5.41, 5.74) is -0.392. The van der Waals surface area contributed by atoms with Gasteiger partial charge in [0.15, 0.2) is 5.17 Å². The largest absolute Gasteiger partial charge is 0.448 e. The molecule has 0 radical (unpaired) electrons. The van der Waals surface area contributed by atoms with Crippen molar-refractivity contribution >= 4 is 44.6 Å². The first-order chi connectivity index (χ1) is 10.8. The molecule has 1 unspecified atom stereocenters. The van der Waals surface area contributed by atoms with Crippen LogP contribution in [0.3, 0.4) is 0 Å². The van der Waals surface area contributed by atoms with Crippen LogP contribution in [0.1, 0.15) is 12.5 Å². The van der Waals surface area contributed by atoms with Crippen molar-refractivity contribution in [2.75, 3.05) is 23.4 Å². The van der Waals surface area contributed by atoms with Crippen LogP contribution in [0.5, 0.6) is 0 Å². The molecule has 1 aliphatic heterocycles. The maximum Gasteiger partial charge on any atom is 0.436 e. The number of amidine groups is 1. The topological polar surface area (TPSA) is 41.9 Å². The first kappa shape index (κ1) is 18.1. The van der Waals surface area contributed by atoms with Gasteiger partial charge >= 0.3 is 12.3 Å². The molecule has 0 aromatic heterocycles. The normalized spacial score (nSPS) is 20.1. The molecule has 1 amide bonds. The predicted octanol–water partition coefficient (Wildman–Crippen LogP) is 4.53. The van der Waals surface area contributed by atoms with Crippen LogP contribution in [0.2, 0.25) is 0 Å². The third-order valence-corrected chi connectivity index (χ3v) is 5.38. The fraction of sp³-hybridized carbons (Fsp3) is 0.429. The highest BCUT2D eigenvalue weighted by atomic mass is 79.9. The molecule has 126 valence electrons. The van der Waals surface area contributed by atoms with Gasteiger partial charge in [-0.1, -0.05) is 33.8 Å². The van der Waals surface area contributed by atoms with E-state index in [1.165, 1.54) is 17.8 Å². The van der Waals surface area contributed by atoms with Crippen LogP contribution < -0.4 is 4.90 Å². The third kappa shape index (κ3) is 4.63. The number of amides is 1. The van der Waals surface area contributed by atoms with Crippen molar-refractivity contribution in [2.24, 2.45) is 4.99 Å². The Hall–Kier alpha value is -1.22. The zero-order chi connectivity index (χ0) is 17.0. The van der Waals surface area contributed by atoms with E-state index in [4.69, 9.17) is 4.74 Å². The first-order valence-electron chi connectivity index (χ1n) is 6.78. The van der Waals surface area contributed by atoms with E-state index in [1.54, 1.807) is 17.9 Å². The Labute approximate surface area is 144 Å². The fourth-order valence-electron chi connectivity index (χ4n) is 2.00. The van der Waals surface area contributed by atoms with E-state index >= 15 is 0 Å². The summed E-state index contributed by atoms with van der Waals surface area (Å²) >= 11 is 4.68. The molecule has 1 aromatic carbocycles. The molecule has 1 saturated heterocycles. The highest BCUT2D eigenvalue weighted by Crippen LogP contribution is 2.35. The number of carbonyl (C=O) groups is 1. The van der Waals surface area contributed by atoms with E-state index in [0.717, 1.165) is 12.1 Å². The number of alkyl halides is 4. The SMILES string of the molecule is CCOC(=O)/N=C1\SC(CBr)CN1c1cccc(C(F)(F)F)c1. The molecule has 1 heterocycles. The number of thioether (sulfide) groups is 1. The summed E-state index contributed by atoms with van der Waals surface area (Å²) in [5, 5.41) is 1.06. The first-order valence-corrected chi connectivity index (χ1v) is 8.78. The minimum atomic E-state index is -4.42. The van der Waals surface area contributed by atoms with Crippen molar-refractivity contribution in [2.45, 2.75) is 18.3 Å². The molecule has 9 heteroatoms. The van der Waals surface area contributed by atoms with Gasteiger partial charge in [-0.2, -0.15) is 18.2 Å². The Balaban J connectivity index is 2.33. The van der Waals surface area contributed by atoms with Crippen LogP contribution in [-0.2, 0) is 10.9 Å². The molecule has 0 N–H and O–H groups in total. The predicted molar refractivity (Wildman–Crippen MR) is 88.4 cm³/mol. The smallest absolute Gasteiger partial charge is 0.436 e. The van der Waals surface area contributed by atoms with Crippen LogP contribution in [0.15, 0.2) is 29.3 Å². The summed E-state index contributed by atoms with van der Waals surface area (Å²) in [5.74, 6) is 0. The summed E-state index contributed by atoms with van der Waals surface area (Å²) in [6.45, 7) is 2.30. The molecule has 2 rings (SSSR count). The van der Waals surface area contributed by atoms with E-state index in [9.17, 15) is 18.0 Å². The second-order valence-electron chi connectivity index (χ2n) is 4.65. The second kappa shape index (κ2) is 7.57. The van der Waals surface area contributed by atoms with Crippen molar-refractivity contribution in [3.63, 3.8) is 0 Å². The number of benzene rings is 1.